The zero-order valence-electron chi connectivity index (χ0n) is 14.9. The van der Waals surface area contributed by atoms with Crippen LogP contribution in [0.4, 0.5) is 0 Å². The highest BCUT2D eigenvalue weighted by Crippen LogP contribution is 2.46. The minimum Gasteiger partial charge on any atom is -0.411 e. The maximum atomic E-state index is 9.22. The van der Waals surface area contributed by atoms with Crippen molar-refractivity contribution in [1.82, 2.24) is 4.90 Å². The molecule has 3 atom stereocenters. The molecule has 3 unspecified atom stereocenters. The number of benzene rings is 1. The second kappa shape index (κ2) is 7.48. The highest BCUT2D eigenvalue weighted by atomic mass is 32.1. The maximum Gasteiger partial charge on any atom is 0.163 e. The van der Waals surface area contributed by atoms with Gasteiger partial charge in [-0.2, -0.15) is 0 Å². The lowest BCUT2D eigenvalue weighted by Gasteiger charge is -2.48. The number of nitrogens with zero attached hydrogens (tertiary/aromatic N) is 2. The molecule has 1 saturated heterocycles. The van der Waals surface area contributed by atoms with E-state index < -0.39 is 0 Å². The summed E-state index contributed by atoms with van der Waals surface area (Å²) in [7, 11) is 1.70. The summed E-state index contributed by atoms with van der Waals surface area (Å²) < 4.78 is 12.0. The highest BCUT2D eigenvalue weighted by molar-refractivity contribution is 7.10. The largest absolute Gasteiger partial charge is 0.411 e. The zero-order valence-corrected chi connectivity index (χ0v) is 15.7. The Kier molecular flexibility index (Phi) is 5.09. The van der Waals surface area contributed by atoms with Crippen LogP contribution in [0.3, 0.4) is 0 Å². The molecule has 0 radical (unpaired) electrons. The first-order chi connectivity index (χ1) is 12.7. The number of thiophene rings is 1. The smallest absolute Gasteiger partial charge is 0.163 e. The molecule has 1 fully saturated rings. The molecule has 26 heavy (non-hydrogen) atoms. The van der Waals surface area contributed by atoms with Crippen molar-refractivity contribution in [2.45, 2.75) is 43.7 Å². The van der Waals surface area contributed by atoms with E-state index in [-0.39, 0.29) is 17.9 Å². The fraction of sp³-hybridized carbons (Fsp3) is 0.450. The summed E-state index contributed by atoms with van der Waals surface area (Å²) >= 11 is 1.77. The molecule has 0 aliphatic carbocycles. The van der Waals surface area contributed by atoms with E-state index >= 15 is 0 Å². The number of likely N-dealkylation sites (tertiary alicyclic amines) is 1. The SMILES string of the molecule is COC1Cc2sccc2C2(CCN(Cc3ccccc3)C(C=NO)C2)O1. The first-order valence-corrected chi connectivity index (χ1v) is 9.85. The van der Waals surface area contributed by atoms with Gasteiger partial charge in [0.05, 0.1) is 12.3 Å². The van der Waals surface area contributed by atoms with Gasteiger partial charge in [0, 0.05) is 37.9 Å². The molecule has 3 heterocycles. The summed E-state index contributed by atoms with van der Waals surface area (Å²) in [6.07, 6.45) is 3.88. The normalized spacial score (nSPS) is 29.3. The second-order valence-electron chi connectivity index (χ2n) is 6.98. The standard InChI is InChI=1S/C20H24N2O3S/c1-24-19-11-18-17(7-10-26-18)20(25-19)8-9-22(16(12-20)13-21-23)14-15-5-3-2-4-6-15/h2-7,10,13,16,19,23H,8-9,11-12,14H2,1H3. The first-order valence-electron chi connectivity index (χ1n) is 8.97. The van der Waals surface area contributed by atoms with E-state index in [0.29, 0.717) is 0 Å². The summed E-state index contributed by atoms with van der Waals surface area (Å²) in [5.74, 6) is 0. The molecule has 0 saturated carbocycles. The van der Waals surface area contributed by atoms with E-state index in [4.69, 9.17) is 9.47 Å². The topological polar surface area (TPSA) is 54.3 Å². The van der Waals surface area contributed by atoms with Gasteiger partial charge in [0.2, 0.25) is 0 Å². The van der Waals surface area contributed by atoms with Gasteiger partial charge in [0.25, 0.3) is 0 Å². The lowest BCUT2D eigenvalue weighted by Crippen LogP contribution is -2.53. The number of hydrogen-bond donors (Lipinski definition) is 1. The predicted octanol–water partition coefficient (Wildman–Crippen LogP) is 3.61. The van der Waals surface area contributed by atoms with E-state index in [1.54, 1.807) is 24.7 Å². The average Bonchev–Trinajstić information content (AvgIpc) is 3.15. The van der Waals surface area contributed by atoms with Crippen molar-refractivity contribution in [3.63, 3.8) is 0 Å². The van der Waals surface area contributed by atoms with Gasteiger partial charge in [-0.15, -0.1) is 16.5 Å². The molecule has 0 bridgehead atoms. The van der Waals surface area contributed by atoms with Crippen molar-refractivity contribution in [3.8, 4) is 0 Å². The fourth-order valence-corrected chi connectivity index (χ4v) is 5.17. The van der Waals surface area contributed by atoms with Crippen LogP contribution >= 0.6 is 11.3 Å². The van der Waals surface area contributed by atoms with Crippen LogP contribution < -0.4 is 0 Å². The highest BCUT2D eigenvalue weighted by Gasteiger charge is 2.47. The van der Waals surface area contributed by atoms with Crippen LogP contribution in [0, 0.1) is 0 Å². The average molecular weight is 372 g/mol. The van der Waals surface area contributed by atoms with Crippen molar-refractivity contribution >= 4 is 17.6 Å². The van der Waals surface area contributed by atoms with Crippen molar-refractivity contribution in [1.29, 1.82) is 0 Å². The third-order valence-electron chi connectivity index (χ3n) is 5.49. The molecule has 5 nitrogen and oxygen atoms in total. The van der Waals surface area contributed by atoms with Crippen LogP contribution in [-0.4, -0.2) is 42.3 Å². The van der Waals surface area contributed by atoms with Crippen molar-refractivity contribution in [2.24, 2.45) is 5.16 Å². The Morgan fingerprint density at radius 2 is 2.23 bits per heavy atom. The van der Waals surface area contributed by atoms with Crippen LogP contribution in [0.2, 0.25) is 0 Å². The molecule has 0 amide bonds. The van der Waals surface area contributed by atoms with Gasteiger partial charge in [0.1, 0.15) is 5.60 Å². The molecule has 2 aliphatic rings. The maximum absolute atomic E-state index is 9.22. The number of oxime groups is 1. The summed E-state index contributed by atoms with van der Waals surface area (Å²) in [6.45, 7) is 1.70. The van der Waals surface area contributed by atoms with Gasteiger partial charge in [-0.25, -0.2) is 0 Å². The van der Waals surface area contributed by atoms with Crippen LogP contribution in [0.25, 0.3) is 0 Å². The number of piperidine rings is 1. The van der Waals surface area contributed by atoms with Crippen molar-refractivity contribution in [3.05, 3.63) is 57.8 Å². The molecule has 1 N–H and O–H groups in total. The van der Waals surface area contributed by atoms with E-state index in [2.05, 4.69) is 45.8 Å². The molecule has 2 aromatic rings. The van der Waals surface area contributed by atoms with Crippen LogP contribution in [-0.2, 0) is 28.0 Å². The molecular formula is C20H24N2O3S. The number of methoxy groups -OCH3 is 1. The Bertz CT molecular complexity index is 763. The molecular weight excluding hydrogens is 348 g/mol. The lowest BCUT2D eigenvalue weighted by atomic mass is 9.79. The third kappa shape index (κ3) is 3.30. The van der Waals surface area contributed by atoms with Gasteiger partial charge < -0.3 is 14.7 Å². The Balaban J connectivity index is 1.60. The van der Waals surface area contributed by atoms with Crippen LogP contribution in [0.15, 0.2) is 46.9 Å². The minimum atomic E-state index is -0.368. The van der Waals surface area contributed by atoms with Crippen molar-refractivity contribution < 1.29 is 14.7 Å². The quantitative estimate of drug-likeness (QED) is 0.506. The molecule has 1 aromatic heterocycles. The number of ether oxygens (including phenoxy) is 2. The van der Waals surface area contributed by atoms with E-state index in [1.807, 2.05) is 6.07 Å². The second-order valence-corrected chi connectivity index (χ2v) is 7.98. The van der Waals surface area contributed by atoms with Gasteiger partial charge in [-0.05, 0) is 29.0 Å². The number of fused-ring (bicyclic) bond motifs is 2. The minimum absolute atomic E-state index is 0.0114. The molecule has 1 spiro atoms. The van der Waals surface area contributed by atoms with Crippen molar-refractivity contribution in [2.75, 3.05) is 13.7 Å². The molecule has 1 aromatic carbocycles. The van der Waals surface area contributed by atoms with Gasteiger partial charge in [-0.1, -0.05) is 30.3 Å². The van der Waals surface area contributed by atoms with Gasteiger partial charge in [0.15, 0.2) is 6.29 Å². The molecule has 2 aliphatic heterocycles. The van der Waals surface area contributed by atoms with Crippen LogP contribution in [0.1, 0.15) is 28.8 Å². The monoisotopic (exact) mass is 372 g/mol. The number of rotatable bonds is 4. The van der Waals surface area contributed by atoms with E-state index in [9.17, 15) is 5.21 Å². The zero-order chi connectivity index (χ0) is 18.0. The Labute approximate surface area is 157 Å². The van der Waals surface area contributed by atoms with Crippen LogP contribution in [0.5, 0.6) is 0 Å². The van der Waals surface area contributed by atoms with E-state index in [0.717, 1.165) is 32.4 Å². The first kappa shape index (κ1) is 17.7. The Morgan fingerprint density at radius 3 is 3.00 bits per heavy atom. The summed E-state index contributed by atoms with van der Waals surface area (Å²) in [6, 6.07) is 12.6. The predicted molar refractivity (Wildman–Crippen MR) is 102 cm³/mol. The third-order valence-corrected chi connectivity index (χ3v) is 6.43. The summed E-state index contributed by atoms with van der Waals surface area (Å²) in [5, 5.41) is 14.7. The molecule has 138 valence electrons. The fourth-order valence-electron chi connectivity index (χ4n) is 4.19. The molecule has 6 heteroatoms. The molecule has 4 rings (SSSR count). The van der Waals surface area contributed by atoms with E-state index in [1.165, 1.54) is 16.0 Å². The number of hydrogen-bond acceptors (Lipinski definition) is 6. The van der Waals surface area contributed by atoms with Gasteiger partial charge in [-0.3, -0.25) is 4.90 Å². The summed E-state index contributed by atoms with van der Waals surface area (Å²) in [4.78, 5) is 3.70. The lowest BCUT2D eigenvalue weighted by molar-refractivity contribution is -0.229. The Hall–Kier alpha value is -1.73. The summed E-state index contributed by atoms with van der Waals surface area (Å²) in [5.41, 5.74) is 2.18. The Morgan fingerprint density at radius 1 is 1.38 bits per heavy atom. The van der Waals surface area contributed by atoms with Gasteiger partial charge >= 0.3 is 0 Å².